The number of nitrogens with one attached hydrogen (secondary N) is 1. The molecule has 0 bridgehead atoms. The first kappa shape index (κ1) is 18.5. The monoisotopic (exact) mass is 374 g/mol. The molecule has 140 valence electrons. The van der Waals surface area contributed by atoms with Crippen molar-refractivity contribution in [2.24, 2.45) is 10.7 Å². The lowest BCUT2D eigenvalue weighted by atomic mass is 9.93. The van der Waals surface area contributed by atoms with Crippen LogP contribution in [0.3, 0.4) is 0 Å². The number of fused-ring (bicyclic) bond motifs is 1. The van der Waals surface area contributed by atoms with E-state index in [1.807, 2.05) is 18.2 Å². The predicted molar refractivity (Wildman–Crippen MR) is 107 cm³/mol. The van der Waals surface area contributed by atoms with Crippen molar-refractivity contribution in [3.63, 3.8) is 0 Å². The highest BCUT2D eigenvalue weighted by Gasteiger charge is 2.17. The molecule has 7 heteroatoms. The molecule has 3 rings (SSSR count). The van der Waals surface area contributed by atoms with Crippen LogP contribution in [0.4, 0.5) is 5.69 Å². The first-order valence-corrected chi connectivity index (χ1v) is 9.71. The van der Waals surface area contributed by atoms with Crippen LogP contribution in [-0.4, -0.2) is 30.7 Å². The third-order valence-corrected chi connectivity index (χ3v) is 4.86. The molecule has 0 spiro atoms. The molecule has 1 aromatic heterocycles. The summed E-state index contributed by atoms with van der Waals surface area (Å²) in [5.74, 6) is 1.88. The second-order valence-electron chi connectivity index (χ2n) is 7.23. The Kier molecular flexibility index (Phi) is 5.66. The lowest BCUT2D eigenvalue weighted by molar-refractivity contribution is 0.297. The molecule has 1 aliphatic heterocycles. The van der Waals surface area contributed by atoms with Gasteiger partial charge in [0.1, 0.15) is 0 Å². The largest absolute Gasteiger partial charge is 0.490 e. The molecule has 1 aromatic carbocycles. The zero-order valence-corrected chi connectivity index (χ0v) is 16.4. The number of rotatable bonds is 4. The van der Waals surface area contributed by atoms with E-state index >= 15 is 0 Å². The third-order valence-electron chi connectivity index (χ3n) is 3.95. The van der Waals surface area contributed by atoms with Gasteiger partial charge < -0.3 is 20.5 Å². The zero-order valence-electron chi connectivity index (χ0n) is 15.5. The second-order valence-corrected chi connectivity index (χ2v) is 8.17. The van der Waals surface area contributed by atoms with Gasteiger partial charge >= 0.3 is 0 Å². The number of hydrogen-bond donors (Lipinski definition) is 2. The van der Waals surface area contributed by atoms with Crippen LogP contribution in [0.2, 0.25) is 0 Å². The molecule has 26 heavy (non-hydrogen) atoms. The van der Waals surface area contributed by atoms with Crippen molar-refractivity contribution in [3.8, 4) is 11.5 Å². The molecule has 0 amide bonds. The molecule has 0 aliphatic carbocycles. The molecule has 2 heterocycles. The Labute approximate surface area is 158 Å². The molecule has 2 aromatic rings. The fourth-order valence-electron chi connectivity index (χ4n) is 2.47. The highest BCUT2D eigenvalue weighted by atomic mass is 32.1. The van der Waals surface area contributed by atoms with Gasteiger partial charge in [-0.25, -0.2) is 4.98 Å². The summed E-state index contributed by atoms with van der Waals surface area (Å²) >= 11 is 1.68. The van der Waals surface area contributed by atoms with Crippen molar-refractivity contribution in [1.82, 2.24) is 4.98 Å². The lowest BCUT2D eigenvalue weighted by Gasteiger charge is -2.14. The van der Waals surface area contributed by atoms with Crippen LogP contribution >= 0.6 is 11.3 Å². The van der Waals surface area contributed by atoms with Gasteiger partial charge in [0.05, 0.1) is 23.9 Å². The Balaban J connectivity index is 1.55. The van der Waals surface area contributed by atoms with Gasteiger partial charge in [-0.2, -0.15) is 0 Å². The topological polar surface area (TPSA) is 81.8 Å². The molecule has 1 aliphatic rings. The van der Waals surface area contributed by atoms with Crippen LogP contribution in [0.15, 0.2) is 28.6 Å². The van der Waals surface area contributed by atoms with E-state index in [0.29, 0.717) is 25.7 Å². The van der Waals surface area contributed by atoms with E-state index in [-0.39, 0.29) is 5.41 Å². The Morgan fingerprint density at radius 1 is 1.27 bits per heavy atom. The van der Waals surface area contributed by atoms with Crippen LogP contribution < -0.4 is 20.5 Å². The van der Waals surface area contributed by atoms with E-state index in [1.54, 1.807) is 11.3 Å². The molecular formula is C19H26N4O2S. The van der Waals surface area contributed by atoms with Crippen LogP contribution in [0.1, 0.15) is 37.9 Å². The Hall–Kier alpha value is -2.28. The van der Waals surface area contributed by atoms with Crippen molar-refractivity contribution < 1.29 is 9.47 Å². The van der Waals surface area contributed by atoms with Gasteiger partial charge in [-0.15, -0.1) is 11.3 Å². The number of thiazole rings is 1. The smallest absolute Gasteiger partial charge is 0.193 e. The molecule has 0 saturated heterocycles. The van der Waals surface area contributed by atoms with E-state index in [9.17, 15) is 0 Å². The van der Waals surface area contributed by atoms with E-state index in [2.05, 4.69) is 41.4 Å². The maximum absolute atomic E-state index is 6.00. The number of aromatic nitrogens is 1. The van der Waals surface area contributed by atoms with E-state index in [4.69, 9.17) is 15.2 Å². The molecule has 0 saturated carbocycles. The zero-order chi connectivity index (χ0) is 18.6. The number of guanidine groups is 1. The summed E-state index contributed by atoms with van der Waals surface area (Å²) < 4.78 is 11.3. The van der Waals surface area contributed by atoms with Crippen LogP contribution in [0, 0.1) is 0 Å². The van der Waals surface area contributed by atoms with E-state index in [0.717, 1.165) is 40.7 Å². The summed E-state index contributed by atoms with van der Waals surface area (Å²) in [5, 5.41) is 6.31. The molecule has 3 N–H and O–H groups in total. The van der Waals surface area contributed by atoms with Crippen molar-refractivity contribution in [3.05, 3.63) is 34.3 Å². The summed E-state index contributed by atoms with van der Waals surface area (Å²) in [4.78, 5) is 9.07. The Morgan fingerprint density at radius 3 is 2.77 bits per heavy atom. The summed E-state index contributed by atoms with van der Waals surface area (Å²) in [6, 6.07) is 5.69. The predicted octanol–water partition coefficient (Wildman–Crippen LogP) is 3.57. The minimum Gasteiger partial charge on any atom is -0.490 e. The normalized spacial score (nSPS) is 14.8. The van der Waals surface area contributed by atoms with Gasteiger partial charge in [-0.1, -0.05) is 20.8 Å². The molecule has 6 nitrogen and oxygen atoms in total. The maximum atomic E-state index is 6.00. The number of benzene rings is 1. The number of nitrogens with zero attached hydrogens (tertiary/aromatic N) is 2. The van der Waals surface area contributed by atoms with E-state index < -0.39 is 0 Å². The molecule has 0 fully saturated rings. The van der Waals surface area contributed by atoms with Crippen molar-refractivity contribution >= 4 is 23.0 Å². The summed E-state index contributed by atoms with van der Waals surface area (Å²) in [6.07, 6.45) is 1.67. The van der Waals surface area contributed by atoms with E-state index in [1.165, 1.54) is 0 Å². The fraction of sp³-hybridized carbons (Fsp3) is 0.474. The second kappa shape index (κ2) is 7.95. The standard InChI is InChI=1S/C19H26N4O2S/c1-19(2,3)16-12-26-17(23-16)7-8-21-18(20)22-13-5-6-14-15(11-13)25-10-4-9-24-14/h5-6,11-12H,4,7-10H2,1-3H3,(H3,20,21,22). The highest BCUT2D eigenvalue weighted by Crippen LogP contribution is 2.32. The Bertz CT molecular complexity index is 780. The third kappa shape index (κ3) is 4.88. The number of nitrogens with two attached hydrogens (primary N) is 1. The SMILES string of the molecule is CC(C)(C)c1csc(CCN=C(N)Nc2ccc3c(c2)OCCCO3)n1. The van der Waals surface area contributed by atoms with Gasteiger partial charge in [0.15, 0.2) is 17.5 Å². The molecular weight excluding hydrogens is 348 g/mol. The van der Waals surface area contributed by atoms with Crippen LogP contribution in [0.25, 0.3) is 0 Å². The van der Waals surface area contributed by atoms with Crippen molar-refractivity contribution in [1.29, 1.82) is 0 Å². The number of anilines is 1. The molecule has 0 atom stereocenters. The average molecular weight is 375 g/mol. The minimum atomic E-state index is 0.0791. The molecule has 0 radical (unpaired) electrons. The first-order valence-electron chi connectivity index (χ1n) is 8.83. The summed E-state index contributed by atoms with van der Waals surface area (Å²) in [6.45, 7) is 8.44. The molecule has 0 unspecified atom stereocenters. The van der Waals surface area contributed by atoms with Gasteiger partial charge in [0.25, 0.3) is 0 Å². The minimum absolute atomic E-state index is 0.0791. The van der Waals surface area contributed by atoms with Crippen molar-refractivity contribution in [2.45, 2.75) is 39.0 Å². The van der Waals surface area contributed by atoms with Gasteiger partial charge in [0, 0.05) is 41.9 Å². The summed E-state index contributed by atoms with van der Waals surface area (Å²) in [7, 11) is 0. The van der Waals surface area contributed by atoms with Gasteiger partial charge in [-0.3, -0.25) is 4.99 Å². The fourth-order valence-corrected chi connectivity index (χ4v) is 3.48. The van der Waals surface area contributed by atoms with Crippen LogP contribution in [0.5, 0.6) is 11.5 Å². The first-order chi connectivity index (χ1) is 12.4. The van der Waals surface area contributed by atoms with Gasteiger partial charge in [0.2, 0.25) is 0 Å². The maximum Gasteiger partial charge on any atom is 0.193 e. The quantitative estimate of drug-likeness (QED) is 0.631. The van der Waals surface area contributed by atoms with Gasteiger partial charge in [-0.05, 0) is 12.1 Å². The average Bonchev–Trinajstić information content (AvgIpc) is 2.94. The van der Waals surface area contributed by atoms with Crippen molar-refractivity contribution in [2.75, 3.05) is 25.1 Å². The summed E-state index contributed by atoms with van der Waals surface area (Å²) in [5.41, 5.74) is 8.04. The van der Waals surface area contributed by atoms with Crippen LogP contribution in [-0.2, 0) is 11.8 Å². The Morgan fingerprint density at radius 2 is 2.04 bits per heavy atom. The number of ether oxygens (including phenoxy) is 2. The lowest BCUT2D eigenvalue weighted by Crippen LogP contribution is -2.23. The number of aliphatic imine (C=N–C) groups is 1. The highest BCUT2D eigenvalue weighted by molar-refractivity contribution is 7.09. The number of hydrogen-bond acceptors (Lipinski definition) is 5.